The van der Waals surface area contributed by atoms with Crippen LogP contribution in [0.15, 0.2) is 24.5 Å². The molecule has 0 aliphatic heterocycles. The van der Waals surface area contributed by atoms with E-state index in [1.807, 2.05) is 13.0 Å². The molecule has 0 unspecified atom stereocenters. The zero-order valence-electron chi connectivity index (χ0n) is 14.2. The number of nitrogens with zero attached hydrogens (tertiary/aromatic N) is 2. The monoisotopic (exact) mass is 359 g/mol. The zero-order valence-corrected chi connectivity index (χ0v) is 15.0. The Labute approximate surface area is 148 Å². The number of ether oxygens (including phenoxy) is 1. The van der Waals surface area contributed by atoms with E-state index < -0.39 is 0 Å². The van der Waals surface area contributed by atoms with Crippen LogP contribution in [0.3, 0.4) is 0 Å². The summed E-state index contributed by atoms with van der Waals surface area (Å²) in [6.07, 6.45) is 1.45. The fourth-order valence-electron chi connectivity index (χ4n) is 2.53. The Morgan fingerprint density at radius 3 is 2.84 bits per heavy atom. The van der Waals surface area contributed by atoms with E-state index in [1.54, 1.807) is 19.9 Å². The molecule has 0 radical (unpaired) electrons. The minimum absolute atomic E-state index is 0.233. The molecule has 0 fully saturated rings. The van der Waals surface area contributed by atoms with E-state index in [2.05, 4.69) is 15.3 Å². The molecule has 0 aliphatic rings. The molecular formula is C18H18FN3O2S. The molecule has 3 rings (SSSR count). The van der Waals surface area contributed by atoms with Crippen molar-refractivity contribution in [2.45, 2.75) is 27.3 Å². The van der Waals surface area contributed by atoms with Crippen LogP contribution < -0.4 is 5.32 Å². The maximum atomic E-state index is 13.7. The molecule has 0 bridgehead atoms. The predicted octanol–water partition coefficient (Wildman–Crippen LogP) is 4.24. The van der Waals surface area contributed by atoms with Crippen molar-refractivity contribution in [1.82, 2.24) is 9.97 Å². The molecule has 0 saturated heterocycles. The van der Waals surface area contributed by atoms with Crippen LogP contribution in [0.4, 0.5) is 10.2 Å². The smallest absolute Gasteiger partial charge is 0.348 e. The van der Waals surface area contributed by atoms with Crippen molar-refractivity contribution >= 4 is 33.3 Å². The Hall–Kier alpha value is -2.54. The highest BCUT2D eigenvalue weighted by atomic mass is 32.1. The molecule has 2 heterocycles. The minimum Gasteiger partial charge on any atom is -0.462 e. The maximum Gasteiger partial charge on any atom is 0.348 e. The van der Waals surface area contributed by atoms with Crippen LogP contribution >= 0.6 is 11.3 Å². The summed E-state index contributed by atoms with van der Waals surface area (Å²) < 4.78 is 18.8. The van der Waals surface area contributed by atoms with E-state index in [1.165, 1.54) is 23.7 Å². The Morgan fingerprint density at radius 1 is 1.32 bits per heavy atom. The van der Waals surface area contributed by atoms with Gasteiger partial charge in [0.05, 0.1) is 12.0 Å². The van der Waals surface area contributed by atoms with Crippen LogP contribution in [0.25, 0.3) is 10.2 Å². The number of halogens is 1. The zero-order chi connectivity index (χ0) is 18.0. The summed E-state index contributed by atoms with van der Waals surface area (Å²) in [4.78, 5) is 21.8. The second-order valence-electron chi connectivity index (χ2n) is 5.62. The van der Waals surface area contributed by atoms with Crippen LogP contribution in [0.1, 0.15) is 33.3 Å². The van der Waals surface area contributed by atoms with Crippen molar-refractivity contribution in [1.29, 1.82) is 0 Å². The lowest BCUT2D eigenvalue weighted by atomic mass is 10.1. The van der Waals surface area contributed by atoms with E-state index in [9.17, 15) is 9.18 Å². The molecule has 1 aromatic carbocycles. The van der Waals surface area contributed by atoms with Crippen LogP contribution in [0, 0.1) is 19.7 Å². The van der Waals surface area contributed by atoms with Crippen LogP contribution in [-0.4, -0.2) is 22.5 Å². The van der Waals surface area contributed by atoms with Gasteiger partial charge in [-0.15, -0.1) is 11.3 Å². The molecule has 130 valence electrons. The van der Waals surface area contributed by atoms with E-state index >= 15 is 0 Å². The van der Waals surface area contributed by atoms with Gasteiger partial charge in [-0.2, -0.15) is 0 Å². The molecule has 7 heteroatoms. The van der Waals surface area contributed by atoms with Crippen LogP contribution in [-0.2, 0) is 11.3 Å². The van der Waals surface area contributed by atoms with E-state index in [4.69, 9.17) is 4.74 Å². The quantitative estimate of drug-likeness (QED) is 0.691. The largest absolute Gasteiger partial charge is 0.462 e. The second-order valence-corrected chi connectivity index (χ2v) is 6.62. The Morgan fingerprint density at radius 2 is 2.12 bits per heavy atom. The summed E-state index contributed by atoms with van der Waals surface area (Å²) in [5.41, 5.74) is 2.21. The Kier molecular flexibility index (Phi) is 4.94. The first kappa shape index (κ1) is 17.3. The normalized spacial score (nSPS) is 10.9. The topological polar surface area (TPSA) is 64.1 Å². The molecule has 0 saturated carbocycles. The van der Waals surface area contributed by atoms with Gasteiger partial charge in [-0.1, -0.05) is 12.1 Å². The van der Waals surface area contributed by atoms with Gasteiger partial charge in [-0.3, -0.25) is 0 Å². The first-order chi connectivity index (χ1) is 12.0. The number of carbonyl (C=O) groups excluding carboxylic acids is 1. The summed E-state index contributed by atoms with van der Waals surface area (Å²) in [5, 5.41) is 4.01. The Bertz CT molecular complexity index is 939. The van der Waals surface area contributed by atoms with Gasteiger partial charge in [0.1, 0.15) is 27.7 Å². The number of carbonyl (C=O) groups is 1. The van der Waals surface area contributed by atoms with Crippen LogP contribution in [0.5, 0.6) is 0 Å². The number of nitrogens with one attached hydrogen (secondary N) is 1. The SMILES string of the molecule is CCOC(=O)c1sc2ncnc(NCc3ccc(C)c(F)c3)c2c1C. The molecule has 3 aromatic rings. The number of hydrogen-bond acceptors (Lipinski definition) is 6. The molecule has 0 amide bonds. The van der Waals surface area contributed by atoms with Crippen molar-refractivity contribution < 1.29 is 13.9 Å². The second kappa shape index (κ2) is 7.14. The van der Waals surface area contributed by atoms with Gasteiger partial charge in [-0.25, -0.2) is 19.2 Å². The third-order valence-corrected chi connectivity index (χ3v) is 5.06. The Balaban J connectivity index is 1.91. The molecule has 0 spiro atoms. The highest BCUT2D eigenvalue weighted by Crippen LogP contribution is 2.33. The summed E-state index contributed by atoms with van der Waals surface area (Å²) in [6.45, 7) is 6.10. The third kappa shape index (κ3) is 3.46. The van der Waals surface area contributed by atoms with Crippen molar-refractivity contribution in [3.63, 3.8) is 0 Å². The number of hydrogen-bond donors (Lipinski definition) is 1. The fraction of sp³-hybridized carbons (Fsp3) is 0.278. The standard InChI is InChI=1S/C18H18FN3O2S/c1-4-24-18(23)15-11(3)14-16(21-9-22-17(14)25-15)20-8-12-6-5-10(2)13(19)7-12/h5-7,9H,4,8H2,1-3H3,(H,20,21,22). The first-order valence-electron chi connectivity index (χ1n) is 7.91. The minimum atomic E-state index is -0.352. The van der Waals surface area contributed by atoms with Crippen molar-refractivity contribution in [3.05, 3.63) is 51.9 Å². The van der Waals surface area contributed by atoms with Gasteiger partial charge in [0, 0.05) is 6.54 Å². The van der Waals surface area contributed by atoms with Crippen molar-refractivity contribution in [2.24, 2.45) is 0 Å². The number of esters is 1. The summed E-state index contributed by atoms with van der Waals surface area (Å²) >= 11 is 1.29. The summed E-state index contributed by atoms with van der Waals surface area (Å²) in [7, 11) is 0. The van der Waals surface area contributed by atoms with Gasteiger partial charge < -0.3 is 10.1 Å². The summed E-state index contributed by atoms with van der Waals surface area (Å²) in [6, 6.07) is 5.12. The number of rotatable bonds is 5. The van der Waals surface area contributed by atoms with Gasteiger partial charge in [0.15, 0.2) is 0 Å². The highest BCUT2D eigenvalue weighted by Gasteiger charge is 2.20. The van der Waals surface area contributed by atoms with Crippen LogP contribution in [0.2, 0.25) is 0 Å². The molecule has 25 heavy (non-hydrogen) atoms. The number of aryl methyl sites for hydroxylation is 2. The van der Waals surface area contributed by atoms with Gasteiger partial charge >= 0.3 is 5.97 Å². The van der Waals surface area contributed by atoms with Crippen molar-refractivity contribution in [2.75, 3.05) is 11.9 Å². The highest BCUT2D eigenvalue weighted by molar-refractivity contribution is 7.20. The predicted molar refractivity (Wildman–Crippen MR) is 96.6 cm³/mol. The third-order valence-electron chi connectivity index (χ3n) is 3.88. The molecule has 0 aliphatic carbocycles. The number of anilines is 1. The number of thiophene rings is 1. The molecule has 0 atom stereocenters. The molecule has 2 aromatic heterocycles. The van der Waals surface area contributed by atoms with Gasteiger partial charge in [-0.05, 0) is 43.5 Å². The molecular weight excluding hydrogens is 341 g/mol. The average Bonchev–Trinajstić information content (AvgIpc) is 2.94. The number of benzene rings is 1. The first-order valence-corrected chi connectivity index (χ1v) is 8.73. The van der Waals surface area contributed by atoms with Gasteiger partial charge in [0.2, 0.25) is 0 Å². The molecule has 5 nitrogen and oxygen atoms in total. The lowest BCUT2D eigenvalue weighted by Crippen LogP contribution is -2.05. The lowest BCUT2D eigenvalue weighted by Gasteiger charge is -2.08. The van der Waals surface area contributed by atoms with E-state index in [0.29, 0.717) is 34.2 Å². The molecule has 1 N–H and O–H groups in total. The fourth-order valence-corrected chi connectivity index (χ4v) is 3.57. The number of fused-ring (bicyclic) bond motifs is 1. The summed E-state index contributed by atoms with van der Waals surface area (Å²) in [5.74, 6) is 0.0354. The van der Waals surface area contributed by atoms with Gasteiger partial charge in [0.25, 0.3) is 0 Å². The lowest BCUT2D eigenvalue weighted by molar-refractivity contribution is 0.0531. The van der Waals surface area contributed by atoms with E-state index in [0.717, 1.165) is 16.5 Å². The van der Waals surface area contributed by atoms with E-state index in [-0.39, 0.29) is 11.8 Å². The average molecular weight is 359 g/mol. The van der Waals surface area contributed by atoms with Crippen molar-refractivity contribution in [3.8, 4) is 0 Å². The number of aromatic nitrogens is 2. The maximum absolute atomic E-state index is 13.7.